The minimum absolute atomic E-state index is 0.281. The van der Waals surface area contributed by atoms with Crippen molar-refractivity contribution in [2.24, 2.45) is 5.92 Å². The molecule has 1 nitrogen and oxygen atoms in total. The van der Waals surface area contributed by atoms with E-state index >= 15 is 0 Å². The van der Waals surface area contributed by atoms with Gasteiger partial charge >= 0.3 is 0 Å². The summed E-state index contributed by atoms with van der Waals surface area (Å²) < 4.78 is 14.4. The van der Waals surface area contributed by atoms with Gasteiger partial charge in [0.1, 0.15) is 5.82 Å². The lowest BCUT2D eigenvalue weighted by Crippen LogP contribution is -2.13. The van der Waals surface area contributed by atoms with Gasteiger partial charge in [-0.25, -0.2) is 4.39 Å². The van der Waals surface area contributed by atoms with Gasteiger partial charge in [0, 0.05) is 11.5 Å². The van der Waals surface area contributed by atoms with Crippen LogP contribution in [0.4, 0.5) is 4.39 Å². The Morgan fingerprint density at radius 1 is 0.882 bits per heavy atom. The normalized spacial score (nSPS) is 18.9. The lowest BCUT2D eigenvalue weighted by molar-refractivity contribution is 0.303. The number of nitriles is 1. The number of hydrogen-bond acceptors (Lipinski definition) is 1. The van der Waals surface area contributed by atoms with Crippen molar-refractivity contribution in [3.05, 3.63) is 94.8 Å². The van der Waals surface area contributed by atoms with Gasteiger partial charge in [-0.15, -0.1) is 0 Å². The highest BCUT2D eigenvalue weighted by Crippen LogP contribution is 2.38. The van der Waals surface area contributed by atoms with Crippen LogP contribution in [0.15, 0.2) is 66.7 Å². The molecule has 1 aliphatic rings. The quantitative estimate of drug-likeness (QED) is 0.312. The van der Waals surface area contributed by atoms with Gasteiger partial charge in [0.25, 0.3) is 0 Å². The Bertz CT molecular complexity index is 1100. The Kier molecular flexibility index (Phi) is 8.17. The van der Waals surface area contributed by atoms with Crippen molar-refractivity contribution in [2.45, 2.75) is 77.0 Å². The maximum atomic E-state index is 14.4. The van der Waals surface area contributed by atoms with Crippen LogP contribution in [0.5, 0.6) is 0 Å². The molecular weight excluding hydrogens is 417 g/mol. The van der Waals surface area contributed by atoms with Crippen molar-refractivity contribution < 1.29 is 4.39 Å². The molecule has 34 heavy (non-hydrogen) atoms. The fourth-order valence-electron chi connectivity index (χ4n) is 5.49. The van der Waals surface area contributed by atoms with Crippen molar-refractivity contribution in [1.29, 1.82) is 5.26 Å². The molecule has 176 valence electrons. The van der Waals surface area contributed by atoms with Crippen LogP contribution in [0.2, 0.25) is 0 Å². The molecule has 0 N–H and O–H groups in total. The molecule has 1 saturated carbocycles. The summed E-state index contributed by atoms with van der Waals surface area (Å²) in [5.74, 6) is 1.59. The van der Waals surface area contributed by atoms with E-state index in [9.17, 15) is 4.39 Å². The van der Waals surface area contributed by atoms with E-state index in [1.807, 2.05) is 18.2 Å². The Balaban J connectivity index is 1.37. The molecule has 0 spiro atoms. The third-order valence-corrected chi connectivity index (χ3v) is 7.79. The maximum absolute atomic E-state index is 14.4. The van der Waals surface area contributed by atoms with Gasteiger partial charge in [0.15, 0.2) is 0 Å². The molecule has 2 heteroatoms. The van der Waals surface area contributed by atoms with Crippen LogP contribution >= 0.6 is 0 Å². The van der Waals surface area contributed by atoms with Crippen LogP contribution in [-0.4, -0.2) is 0 Å². The number of nitrogens with zero attached hydrogens (tertiary/aromatic N) is 1. The largest absolute Gasteiger partial charge is 0.206 e. The average Bonchev–Trinajstić information content (AvgIpc) is 2.89. The van der Waals surface area contributed by atoms with Gasteiger partial charge in [-0.05, 0) is 71.9 Å². The summed E-state index contributed by atoms with van der Waals surface area (Å²) in [6.45, 7) is 4.52. The first-order valence-electron chi connectivity index (χ1n) is 13.0. The average molecular weight is 454 g/mol. The topological polar surface area (TPSA) is 23.8 Å². The zero-order valence-corrected chi connectivity index (χ0v) is 20.6. The molecule has 0 saturated heterocycles. The van der Waals surface area contributed by atoms with Gasteiger partial charge in [-0.3, -0.25) is 0 Å². The molecule has 1 atom stereocenters. The smallest absolute Gasteiger partial charge is 0.132 e. The second-order valence-corrected chi connectivity index (χ2v) is 10.0. The minimum Gasteiger partial charge on any atom is -0.206 e. The number of halogens is 1. The van der Waals surface area contributed by atoms with Crippen LogP contribution in [0.25, 0.3) is 11.1 Å². The van der Waals surface area contributed by atoms with Crippen molar-refractivity contribution in [3.8, 4) is 17.2 Å². The highest BCUT2D eigenvalue weighted by Gasteiger charge is 2.22. The first kappa shape index (κ1) is 24.2. The van der Waals surface area contributed by atoms with Gasteiger partial charge in [-0.1, -0.05) is 94.1 Å². The van der Waals surface area contributed by atoms with Crippen molar-refractivity contribution in [1.82, 2.24) is 0 Å². The predicted molar refractivity (Wildman–Crippen MR) is 139 cm³/mol. The van der Waals surface area contributed by atoms with E-state index in [-0.39, 0.29) is 11.7 Å². The zero-order chi connectivity index (χ0) is 23.9. The lowest BCUT2D eigenvalue weighted by atomic mass is 9.76. The summed E-state index contributed by atoms with van der Waals surface area (Å²) >= 11 is 0. The number of unbranched alkanes of at least 4 members (excludes halogenated alkanes) is 2. The van der Waals surface area contributed by atoms with E-state index in [0.29, 0.717) is 17.0 Å². The molecule has 0 radical (unpaired) electrons. The number of benzene rings is 3. The summed E-state index contributed by atoms with van der Waals surface area (Å²) in [6.07, 6.45) is 11.0. The van der Waals surface area contributed by atoms with E-state index in [2.05, 4.69) is 50.2 Å². The predicted octanol–water partition coefficient (Wildman–Crippen LogP) is 9.37. The molecule has 0 bridgehead atoms. The minimum atomic E-state index is -0.356. The Morgan fingerprint density at radius 2 is 1.53 bits per heavy atom. The van der Waals surface area contributed by atoms with Crippen LogP contribution in [-0.2, 0) is 0 Å². The second-order valence-electron chi connectivity index (χ2n) is 10.0. The highest BCUT2D eigenvalue weighted by molar-refractivity contribution is 5.65. The summed E-state index contributed by atoms with van der Waals surface area (Å²) in [5, 5.41) is 8.95. The first-order chi connectivity index (χ1) is 16.6. The SMILES string of the molecule is CCCCCC1CCC(c2ccc(C(C)c3ccc(-c4ccc(C#N)cc4F)cc3)cc2)CC1. The van der Waals surface area contributed by atoms with Crippen molar-refractivity contribution >= 4 is 0 Å². The lowest BCUT2D eigenvalue weighted by Gasteiger charge is -2.29. The fourth-order valence-corrected chi connectivity index (χ4v) is 5.49. The van der Waals surface area contributed by atoms with E-state index < -0.39 is 0 Å². The standard InChI is InChI=1S/C32H36FN/c1-3-4-5-6-24-7-10-28(11-8-24)29-16-12-26(13-17-29)23(2)27-14-18-30(19-15-27)31-20-9-25(22-34)21-32(31)33/h9,12-21,23-24,28H,3-8,10-11H2,1-2H3. The Morgan fingerprint density at radius 3 is 2.12 bits per heavy atom. The molecule has 1 unspecified atom stereocenters. The molecule has 0 aromatic heterocycles. The first-order valence-corrected chi connectivity index (χ1v) is 13.0. The monoisotopic (exact) mass is 453 g/mol. The molecule has 1 fully saturated rings. The third-order valence-electron chi connectivity index (χ3n) is 7.79. The summed E-state index contributed by atoms with van der Waals surface area (Å²) in [5.41, 5.74) is 5.73. The van der Waals surface area contributed by atoms with Gasteiger partial charge in [0.05, 0.1) is 11.6 Å². The van der Waals surface area contributed by atoms with Crippen LogP contribution in [0.3, 0.4) is 0 Å². The van der Waals surface area contributed by atoms with Gasteiger partial charge in [-0.2, -0.15) is 5.26 Å². The molecule has 0 amide bonds. The van der Waals surface area contributed by atoms with E-state index in [1.165, 1.54) is 74.1 Å². The maximum Gasteiger partial charge on any atom is 0.132 e. The zero-order valence-electron chi connectivity index (χ0n) is 20.6. The Hall–Kier alpha value is -2.92. The van der Waals surface area contributed by atoms with Gasteiger partial charge in [0.2, 0.25) is 0 Å². The summed E-state index contributed by atoms with van der Waals surface area (Å²) in [7, 11) is 0. The molecule has 3 aromatic rings. The molecule has 3 aromatic carbocycles. The molecular formula is C32H36FN. The third kappa shape index (κ3) is 5.76. The van der Waals surface area contributed by atoms with Crippen LogP contribution in [0.1, 0.15) is 99.3 Å². The molecule has 0 aliphatic heterocycles. The molecule has 1 aliphatic carbocycles. The van der Waals surface area contributed by atoms with Crippen LogP contribution in [0, 0.1) is 23.1 Å². The summed E-state index contributed by atoms with van der Waals surface area (Å²) in [6, 6.07) is 24.0. The summed E-state index contributed by atoms with van der Waals surface area (Å²) in [4.78, 5) is 0. The number of hydrogen-bond donors (Lipinski definition) is 0. The molecule has 0 heterocycles. The number of rotatable bonds is 8. The Labute approximate surface area is 204 Å². The van der Waals surface area contributed by atoms with Crippen molar-refractivity contribution in [3.63, 3.8) is 0 Å². The second kappa shape index (κ2) is 11.5. The van der Waals surface area contributed by atoms with Crippen LogP contribution < -0.4 is 0 Å². The van der Waals surface area contributed by atoms with Crippen molar-refractivity contribution in [2.75, 3.05) is 0 Å². The van der Waals surface area contributed by atoms with E-state index in [4.69, 9.17) is 5.26 Å². The van der Waals surface area contributed by atoms with Gasteiger partial charge < -0.3 is 0 Å². The van der Waals surface area contributed by atoms with E-state index in [0.717, 1.165) is 11.5 Å². The molecule has 4 rings (SSSR count). The van der Waals surface area contributed by atoms with E-state index in [1.54, 1.807) is 12.1 Å². The fraction of sp³-hybridized carbons (Fsp3) is 0.406. The highest BCUT2D eigenvalue weighted by atomic mass is 19.1.